The van der Waals surface area contributed by atoms with E-state index < -0.39 is 36.1 Å². The lowest BCUT2D eigenvalue weighted by molar-refractivity contribution is -0.189. The number of likely N-dealkylation sites (tertiary alicyclic amines) is 1. The summed E-state index contributed by atoms with van der Waals surface area (Å²) in [6.45, 7) is -0.646. The van der Waals surface area contributed by atoms with Crippen LogP contribution in [0.5, 0.6) is 0 Å². The van der Waals surface area contributed by atoms with Gasteiger partial charge in [-0.05, 0) is 24.1 Å². The molecule has 0 saturated carbocycles. The number of ether oxygens (including phenoxy) is 1. The number of hydrogen-bond acceptors (Lipinski definition) is 4. The van der Waals surface area contributed by atoms with Gasteiger partial charge in [-0.2, -0.15) is 13.2 Å². The molecule has 1 heterocycles. The maximum atomic E-state index is 12.7. The molecule has 2 atom stereocenters. The van der Waals surface area contributed by atoms with Crippen LogP contribution in [-0.4, -0.2) is 43.2 Å². The van der Waals surface area contributed by atoms with Crippen LogP contribution in [0, 0.1) is 5.92 Å². The van der Waals surface area contributed by atoms with Crippen LogP contribution < -0.4 is 5.73 Å². The van der Waals surface area contributed by atoms with Crippen molar-refractivity contribution in [3.05, 3.63) is 34.3 Å². The minimum Gasteiger partial charge on any atom is -0.469 e. The van der Waals surface area contributed by atoms with Gasteiger partial charge in [-0.3, -0.25) is 9.59 Å². The first kappa shape index (κ1) is 18.7. The van der Waals surface area contributed by atoms with Crippen LogP contribution in [0.2, 0.25) is 0 Å². The molecule has 0 aromatic heterocycles. The second-order valence-electron chi connectivity index (χ2n) is 5.64. The van der Waals surface area contributed by atoms with Crippen LogP contribution in [-0.2, 0) is 19.9 Å². The predicted octanol–water partition coefficient (Wildman–Crippen LogP) is 2.19. The second-order valence-corrected chi connectivity index (χ2v) is 6.56. The van der Waals surface area contributed by atoms with Gasteiger partial charge in [-0.15, -0.1) is 0 Å². The molecule has 1 aromatic rings. The molecule has 1 fully saturated rings. The van der Waals surface area contributed by atoms with Crippen molar-refractivity contribution in [1.29, 1.82) is 0 Å². The van der Waals surface area contributed by atoms with Crippen LogP contribution >= 0.6 is 15.9 Å². The predicted molar refractivity (Wildman–Crippen MR) is 82.8 cm³/mol. The van der Waals surface area contributed by atoms with Crippen LogP contribution in [0.1, 0.15) is 12.0 Å². The molecular formula is C15H16BrF3N2O3. The Morgan fingerprint density at radius 2 is 2.08 bits per heavy atom. The number of carbonyl (C=O) groups excluding carboxylic acids is 2. The molecule has 0 bridgehead atoms. The zero-order valence-corrected chi connectivity index (χ0v) is 14.4. The Labute approximate surface area is 145 Å². The molecule has 1 saturated heterocycles. The number of halogens is 4. The third-order valence-corrected chi connectivity index (χ3v) is 4.63. The van der Waals surface area contributed by atoms with Gasteiger partial charge in [0.2, 0.25) is 0 Å². The van der Waals surface area contributed by atoms with Crippen molar-refractivity contribution in [1.82, 2.24) is 4.90 Å². The highest BCUT2D eigenvalue weighted by atomic mass is 79.9. The van der Waals surface area contributed by atoms with Gasteiger partial charge in [-0.1, -0.05) is 28.1 Å². The fraction of sp³-hybridized carbons (Fsp3) is 0.467. The number of rotatable bonds is 2. The lowest BCUT2D eigenvalue weighted by Gasteiger charge is -2.45. The molecule has 0 radical (unpaired) electrons. The maximum absolute atomic E-state index is 12.7. The highest BCUT2D eigenvalue weighted by Gasteiger charge is 2.51. The second kappa shape index (κ2) is 6.72. The van der Waals surface area contributed by atoms with Crippen molar-refractivity contribution in [2.45, 2.75) is 18.1 Å². The first-order valence-corrected chi connectivity index (χ1v) is 7.87. The maximum Gasteiger partial charge on any atom is 0.471 e. The third kappa shape index (κ3) is 3.56. The fourth-order valence-electron chi connectivity index (χ4n) is 2.94. The van der Waals surface area contributed by atoms with Crippen molar-refractivity contribution in [2.24, 2.45) is 11.7 Å². The Hall–Kier alpha value is -1.61. The van der Waals surface area contributed by atoms with Gasteiger partial charge in [0.1, 0.15) is 0 Å². The van der Waals surface area contributed by atoms with Crippen molar-refractivity contribution in [3.63, 3.8) is 0 Å². The molecule has 1 aliphatic heterocycles. The Bertz CT molecular complexity index is 653. The zero-order chi connectivity index (χ0) is 18.1. The summed E-state index contributed by atoms with van der Waals surface area (Å²) in [6, 6.07) is 6.62. The SMILES string of the molecule is COC(=O)C1CCN(C(=O)C(F)(F)F)CC1(N)c1cccc(Br)c1. The van der Waals surface area contributed by atoms with Crippen LogP contribution in [0.25, 0.3) is 0 Å². The van der Waals surface area contributed by atoms with E-state index in [1.54, 1.807) is 24.3 Å². The lowest BCUT2D eigenvalue weighted by Crippen LogP contribution is -2.62. The van der Waals surface area contributed by atoms with E-state index in [1.165, 1.54) is 7.11 Å². The van der Waals surface area contributed by atoms with Crippen LogP contribution in [0.3, 0.4) is 0 Å². The average molecular weight is 409 g/mol. The summed E-state index contributed by atoms with van der Waals surface area (Å²) in [5, 5.41) is 0. The van der Waals surface area contributed by atoms with E-state index in [0.717, 1.165) is 0 Å². The minimum absolute atomic E-state index is 0.0164. The smallest absolute Gasteiger partial charge is 0.469 e. The van der Waals surface area contributed by atoms with Gasteiger partial charge in [0, 0.05) is 17.6 Å². The molecule has 1 aliphatic rings. The van der Waals surface area contributed by atoms with Crippen LogP contribution in [0.4, 0.5) is 13.2 Å². The summed E-state index contributed by atoms with van der Waals surface area (Å²) >= 11 is 3.27. The number of hydrogen-bond donors (Lipinski definition) is 1. The lowest BCUT2D eigenvalue weighted by atomic mass is 9.74. The number of nitrogens with zero attached hydrogens (tertiary/aromatic N) is 1. The molecular weight excluding hydrogens is 393 g/mol. The van der Waals surface area contributed by atoms with E-state index in [-0.39, 0.29) is 13.0 Å². The largest absolute Gasteiger partial charge is 0.471 e. The molecule has 0 spiro atoms. The van der Waals surface area contributed by atoms with Gasteiger partial charge in [-0.25, -0.2) is 0 Å². The summed E-state index contributed by atoms with van der Waals surface area (Å²) in [4.78, 5) is 24.3. The van der Waals surface area contributed by atoms with Crippen molar-refractivity contribution >= 4 is 27.8 Å². The standard InChI is InChI=1S/C15H16BrF3N2O3/c1-24-12(22)11-5-6-21(13(23)15(17,18)19)8-14(11,20)9-3-2-4-10(16)7-9/h2-4,7,11H,5-6,8,20H2,1H3. The first-order valence-electron chi connectivity index (χ1n) is 7.08. The van der Waals surface area contributed by atoms with Gasteiger partial charge in [0.05, 0.1) is 18.6 Å². The molecule has 24 heavy (non-hydrogen) atoms. The average Bonchev–Trinajstić information content (AvgIpc) is 2.52. The van der Waals surface area contributed by atoms with E-state index in [9.17, 15) is 22.8 Å². The first-order chi connectivity index (χ1) is 11.1. The highest BCUT2D eigenvalue weighted by Crippen LogP contribution is 2.37. The summed E-state index contributed by atoms with van der Waals surface area (Å²) < 4.78 is 43.6. The summed E-state index contributed by atoms with van der Waals surface area (Å²) in [6.07, 6.45) is -5.01. The fourth-order valence-corrected chi connectivity index (χ4v) is 3.34. The molecule has 1 aromatic carbocycles. The summed E-state index contributed by atoms with van der Waals surface area (Å²) in [7, 11) is 1.19. The quantitative estimate of drug-likeness (QED) is 0.761. The Morgan fingerprint density at radius 1 is 1.42 bits per heavy atom. The van der Waals surface area contributed by atoms with E-state index in [2.05, 4.69) is 15.9 Å². The topological polar surface area (TPSA) is 72.6 Å². The molecule has 9 heteroatoms. The number of methoxy groups -OCH3 is 1. The van der Waals surface area contributed by atoms with Crippen LogP contribution in [0.15, 0.2) is 28.7 Å². The number of benzene rings is 1. The zero-order valence-electron chi connectivity index (χ0n) is 12.8. The van der Waals surface area contributed by atoms with Gasteiger partial charge in [0.25, 0.3) is 0 Å². The molecule has 2 N–H and O–H groups in total. The number of amides is 1. The molecule has 1 amide bonds. The number of piperidine rings is 1. The molecule has 0 aliphatic carbocycles. The number of alkyl halides is 3. The Morgan fingerprint density at radius 3 is 2.62 bits per heavy atom. The normalized spacial score (nSPS) is 24.6. The Kier molecular flexibility index (Phi) is 5.24. The van der Waals surface area contributed by atoms with E-state index in [4.69, 9.17) is 10.5 Å². The number of carbonyl (C=O) groups is 2. The van der Waals surface area contributed by atoms with Crippen molar-refractivity contribution in [2.75, 3.05) is 20.2 Å². The van der Waals surface area contributed by atoms with Gasteiger partial charge >= 0.3 is 18.1 Å². The van der Waals surface area contributed by atoms with E-state index in [0.29, 0.717) is 14.9 Å². The highest BCUT2D eigenvalue weighted by molar-refractivity contribution is 9.10. The number of nitrogens with two attached hydrogens (primary N) is 1. The van der Waals surface area contributed by atoms with E-state index in [1.807, 2.05) is 0 Å². The van der Waals surface area contributed by atoms with Gasteiger partial charge in [0.15, 0.2) is 0 Å². The summed E-state index contributed by atoms with van der Waals surface area (Å²) in [5.74, 6) is -3.43. The molecule has 2 unspecified atom stereocenters. The van der Waals surface area contributed by atoms with Gasteiger partial charge < -0.3 is 15.4 Å². The minimum atomic E-state index is -4.99. The molecule has 132 valence electrons. The monoisotopic (exact) mass is 408 g/mol. The summed E-state index contributed by atoms with van der Waals surface area (Å²) in [5.41, 5.74) is 5.33. The molecule has 2 rings (SSSR count). The third-order valence-electron chi connectivity index (χ3n) is 4.14. The number of esters is 1. The van der Waals surface area contributed by atoms with E-state index >= 15 is 0 Å². The Balaban J connectivity index is 2.43. The molecule has 5 nitrogen and oxygen atoms in total. The van der Waals surface area contributed by atoms with Crippen molar-refractivity contribution in [3.8, 4) is 0 Å². The van der Waals surface area contributed by atoms with Crippen molar-refractivity contribution < 1.29 is 27.5 Å².